The number of aryl methyl sites for hydroxylation is 2. The summed E-state index contributed by atoms with van der Waals surface area (Å²) in [6.45, 7) is 5.09. The zero-order chi connectivity index (χ0) is 20.4. The number of pyridine rings is 1. The molecule has 1 aliphatic rings. The Kier molecular flexibility index (Phi) is 2.60. The molecule has 3 heteroatoms. The summed E-state index contributed by atoms with van der Waals surface area (Å²) in [5.41, 5.74) is 8.26. The van der Waals surface area contributed by atoms with E-state index in [0.29, 0.717) is 0 Å². The molecule has 0 atom stereocenters. The van der Waals surface area contributed by atoms with Gasteiger partial charge in [0.1, 0.15) is 11.0 Å². The molecule has 0 unspecified atom stereocenters. The molecule has 0 amide bonds. The molecule has 4 aromatic carbocycles. The van der Waals surface area contributed by atoms with Crippen LogP contribution in [0, 0.1) is 13.8 Å². The number of fused-ring (bicyclic) bond motifs is 6. The number of benzene rings is 4. The molecule has 4 heterocycles. The Morgan fingerprint density at radius 1 is 0.806 bits per heavy atom. The lowest BCUT2D eigenvalue weighted by molar-refractivity contribution is -0.674. The van der Waals surface area contributed by atoms with Gasteiger partial charge in [0.2, 0.25) is 12.3 Å². The van der Waals surface area contributed by atoms with Crippen molar-refractivity contribution >= 4 is 65.4 Å². The zero-order valence-electron chi connectivity index (χ0n) is 17.4. The van der Waals surface area contributed by atoms with Crippen LogP contribution in [-0.4, -0.2) is 4.57 Å². The van der Waals surface area contributed by atoms with Crippen LogP contribution < -0.4 is 4.57 Å². The molecule has 146 valence electrons. The number of aromatic nitrogens is 2. The molecule has 0 aliphatic carbocycles. The molecule has 0 spiro atoms. The van der Waals surface area contributed by atoms with Crippen molar-refractivity contribution in [1.29, 1.82) is 0 Å². The summed E-state index contributed by atoms with van der Waals surface area (Å²) in [4.78, 5) is 0. The molecule has 3 aromatic heterocycles. The van der Waals surface area contributed by atoms with E-state index in [-0.39, 0.29) is 0 Å². The van der Waals surface area contributed by atoms with E-state index >= 15 is 0 Å². The molecule has 0 saturated heterocycles. The smallest absolute Gasteiger partial charge is 0.261 e. The topological polar surface area (TPSA) is 21.9 Å². The second-order valence-electron chi connectivity index (χ2n) is 8.97. The number of hydrogen-bond acceptors (Lipinski definition) is 1. The van der Waals surface area contributed by atoms with Gasteiger partial charge in [-0.15, -0.1) is 0 Å². The van der Waals surface area contributed by atoms with Gasteiger partial charge in [-0.05, 0) is 54.3 Å². The number of nitrogens with zero attached hydrogens (tertiary/aromatic N) is 2. The minimum absolute atomic E-state index is 0.774. The van der Waals surface area contributed by atoms with Crippen LogP contribution in [0.15, 0.2) is 71.3 Å². The van der Waals surface area contributed by atoms with E-state index in [2.05, 4.69) is 89.8 Å². The van der Waals surface area contributed by atoms with Gasteiger partial charge in [-0.2, -0.15) is 4.57 Å². The summed E-state index contributed by atoms with van der Waals surface area (Å²) in [7, 11) is 0. The van der Waals surface area contributed by atoms with Crippen LogP contribution in [0.3, 0.4) is 0 Å². The van der Waals surface area contributed by atoms with Crippen molar-refractivity contribution in [2.45, 2.75) is 20.5 Å². The number of furan rings is 1. The monoisotopic (exact) mass is 399 g/mol. The Labute approximate surface area is 177 Å². The first-order valence-corrected chi connectivity index (χ1v) is 10.8. The summed E-state index contributed by atoms with van der Waals surface area (Å²) in [5, 5.41) is 9.18. The van der Waals surface area contributed by atoms with E-state index in [4.69, 9.17) is 4.42 Å². The first-order chi connectivity index (χ1) is 15.2. The molecule has 1 aliphatic heterocycles. The fourth-order valence-electron chi connectivity index (χ4n) is 5.89. The van der Waals surface area contributed by atoms with Crippen molar-refractivity contribution in [3.8, 4) is 0 Å². The molecular formula is C28H19N2O+. The maximum absolute atomic E-state index is 6.43. The summed E-state index contributed by atoms with van der Waals surface area (Å²) in [5.74, 6) is 0. The minimum atomic E-state index is 0.774. The van der Waals surface area contributed by atoms with Gasteiger partial charge in [0.25, 0.3) is 5.52 Å². The van der Waals surface area contributed by atoms with Crippen LogP contribution in [-0.2, 0) is 6.67 Å². The van der Waals surface area contributed by atoms with Crippen LogP contribution in [0.2, 0.25) is 0 Å². The second-order valence-corrected chi connectivity index (χ2v) is 8.97. The van der Waals surface area contributed by atoms with Gasteiger partial charge >= 0.3 is 0 Å². The Bertz CT molecular complexity index is 1930. The molecule has 0 radical (unpaired) electrons. The highest BCUT2D eigenvalue weighted by molar-refractivity contribution is 6.37. The van der Waals surface area contributed by atoms with E-state index in [1.807, 2.05) is 0 Å². The van der Waals surface area contributed by atoms with Crippen molar-refractivity contribution in [3.63, 3.8) is 0 Å². The van der Waals surface area contributed by atoms with Crippen LogP contribution in [0.1, 0.15) is 11.1 Å². The quantitative estimate of drug-likeness (QED) is 0.205. The van der Waals surface area contributed by atoms with Gasteiger partial charge in [0.05, 0.1) is 11.0 Å². The average molecular weight is 399 g/mol. The van der Waals surface area contributed by atoms with Crippen LogP contribution in [0.4, 0.5) is 0 Å². The lowest BCUT2D eigenvalue weighted by atomic mass is 9.94. The van der Waals surface area contributed by atoms with Gasteiger partial charge in [-0.3, -0.25) is 4.57 Å². The number of hydrogen-bond donors (Lipinski definition) is 0. The minimum Gasteiger partial charge on any atom is -0.449 e. The standard InChI is InChI=1S/C28H19N2O/c1-15-7-9-21-20(13-15)23-18-6-4-3-5-17(18)19-8-10-22-25-24(19)26(23)30(21)14-29-12-11-16(2)28(31-22)27(25)29/h3-13H,14H2,1-2H3/q+1. The van der Waals surface area contributed by atoms with Crippen molar-refractivity contribution in [3.05, 3.63) is 78.0 Å². The Morgan fingerprint density at radius 2 is 1.65 bits per heavy atom. The second kappa shape index (κ2) is 5.06. The third-order valence-electron chi connectivity index (χ3n) is 7.22. The van der Waals surface area contributed by atoms with Crippen molar-refractivity contribution in [2.75, 3.05) is 0 Å². The maximum atomic E-state index is 6.43. The van der Waals surface area contributed by atoms with Crippen molar-refractivity contribution < 1.29 is 8.98 Å². The first-order valence-electron chi connectivity index (χ1n) is 10.8. The van der Waals surface area contributed by atoms with E-state index in [1.54, 1.807) is 0 Å². The summed E-state index contributed by atoms with van der Waals surface area (Å²) < 4.78 is 11.3. The summed E-state index contributed by atoms with van der Waals surface area (Å²) in [6.07, 6.45) is 2.21. The fourth-order valence-corrected chi connectivity index (χ4v) is 5.89. The molecule has 8 rings (SSSR count). The Balaban J connectivity index is 1.85. The average Bonchev–Trinajstić information content (AvgIpc) is 3.28. The highest BCUT2D eigenvalue weighted by Crippen LogP contribution is 2.46. The molecule has 0 fully saturated rings. The lowest BCUT2D eigenvalue weighted by Gasteiger charge is -2.09. The third-order valence-corrected chi connectivity index (χ3v) is 7.22. The first kappa shape index (κ1) is 15.9. The predicted molar refractivity (Wildman–Crippen MR) is 127 cm³/mol. The van der Waals surface area contributed by atoms with Gasteiger partial charge in [-0.25, -0.2) is 0 Å². The van der Waals surface area contributed by atoms with E-state index in [9.17, 15) is 0 Å². The SMILES string of the molecule is Cc1ccc2c(c1)c1c3ccccc3c3ccc4oc5c(C)cc[n+]6c5c4c3c1n2C6. The van der Waals surface area contributed by atoms with Crippen molar-refractivity contribution in [2.24, 2.45) is 0 Å². The van der Waals surface area contributed by atoms with Gasteiger partial charge < -0.3 is 4.42 Å². The molecule has 7 aromatic rings. The third kappa shape index (κ3) is 1.72. The highest BCUT2D eigenvalue weighted by Gasteiger charge is 2.29. The van der Waals surface area contributed by atoms with Gasteiger partial charge in [-0.1, -0.05) is 35.9 Å². The number of rotatable bonds is 0. The fraction of sp³-hybridized carbons (Fsp3) is 0.107. The maximum Gasteiger partial charge on any atom is 0.261 e. The van der Waals surface area contributed by atoms with Crippen LogP contribution in [0.5, 0.6) is 0 Å². The lowest BCUT2D eigenvalue weighted by Crippen LogP contribution is -2.37. The van der Waals surface area contributed by atoms with Gasteiger partial charge in [0, 0.05) is 27.8 Å². The predicted octanol–water partition coefficient (Wildman–Crippen LogP) is 6.72. The zero-order valence-corrected chi connectivity index (χ0v) is 17.4. The normalized spacial score (nSPS) is 13.4. The van der Waals surface area contributed by atoms with Crippen LogP contribution >= 0.6 is 0 Å². The van der Waals surface area contributed by atoms with Crippen LogP contribution in [0.25, 0.3) is 65.4 Å². The van der Waals surface area contributed by atoms with E-state index in [0.717, 1.165) is 17.8 Å². The molecule has 3 nitrogen and oxygen atoms in total. The van der Waals surface area contributed by atoms with E-state index < -0.39 is 0 Å². The van der Waals surface area contributed by atoms with Gasteiger partial charge in [0.15, 0.2) is 6.20 Å². The molecule has 0 bridgehead atoms. The van der Waals surface area contributed by atoms with Crippen molar-refractivity contribution in [1.82, 2.24) is 4.57 Å². The summed E-state index contributed by atoms with van der Waals surface area (Å²) >= 11 is 0. The largest absolute Gasteiger partial charge is 0.449 e. The molecule has 0 N–H and O–H groups in total. The Morgan fingerprint density at radius 3 is 2.55 bits per heavy atom. The highest BCUT2D eigenvalue weighted by atomic mass is 16.3. The molecule has 31 heavy (non-hydrogen) atoms. The molecular weight excluding hydrogens is 380 g/mol. The van der Waals surface area contributed by atoms with E-state index in [1.165, 1.54) is 65.4 Å². The summed E-state index contributed by atoms with van der Waals surface area (Å²) in [6, 6.07) is 22.3. The molecule has 0 saturated carbocycles. The Hall–Kier alpha value is -3.85.